The molecule has 0 saturated carbocycles. The van der Waals surface area contributed by atoms with Crippen molar-refractivity contribution in [1.29, 1.82) is 0 Å². The van der Waals surface area contributed by atoms with Crippen LogP contribution in [0.25, 0.3) is 98.1 Å². The van der Waals surface area contributed by atoms with E-state index in [2.05, 4.69) is 121 Å². The largest absolute Gasteiger partial charge is 0.496 e. The monoisotopic (exact) mass is 930 g/mol. The van der Waals surface area contributed by atoms with Crippen LogP contribution < -0.4 is 18.5 Å². The summed E-state index contributed by atoms with van der Waals surface area (Å²) in [7, 11) is -0.870. The Morgan fingerprint density at radius 2 is 0.632 bits per heavy atom. The summed E-state index contributed by atoms with van der Waals surface area (Å²) in [6.07, 6.45) is 0. The topological polar surface area (TPSA) is 89.5 Å². The molecule has 10 heteroatoms. The van der Waals surface area contributed by atoms with Crippen molar-refractivity contribution in [3.05, 3.63) is 180 Å². The quantitative estimate of drug-likeness (QED) is 0.156. The third-order valence-corrected chi connectivity index (χ3v) is 15.2. The van der Waals surface area contributed by atoms with Crippen molar-refractivity contribution < 1.29 is 35.3 Å². The zero-order valence-corrected chi connectivity index (χ0v) is 40.0. The van der Waals surface area contributed by atoms with Gasteiger partial charge < -0.3 is 35.3 Å². The maximum Gasteiger partial charge on any atom is 0.453 e. The van der Waals surface area contributed by atoms with Gasteiger partial charge in [-0.2, -0.15) is 0 Å². The summed E-state index contributed by atoms with van der Waals surface area (Å²) >= 11 is 0. The molecule has 12 aromatic rings. The van der Waals surface area contributed by atoms with E-state index in [0.717, 1.165) is 98.0 Å². The van der Waals surface area contributed by atoms with Crippen LogP contribution in [0, 0.1) is 27.7 Å². The minimum absolute atomic E-state index is 0.547. The number of hydrogen-bond acceptors (Lipinski definition) is 8. The summed E-state index contributed by atoms with van der Waals surface area (Å²) in [6, 6.07) is 53.8. The molecule has 0 bridgehead atoms. The fourth-order valence-corrected chi connectivity index (χ4v) is 12.2. The highest BCUT2D eigenvalue weighted by atomic mass is 31.1. The second-order valence-electron chi connectivity index (χ2n) is 17.1. The lowest BCUT2D eigenvalue weighted by Gasteiger charge is -2.23. The second kappa shape index (κ2) is 16.5. The van der Waals surface area contributed by atoms with Gasteiger partial charge in [-0.05, 0) is 118 Å². The summed E-state index contributed by atoms with van der Waals surface area (Å²) in [5.74, 6) is 2.44. The SMILES string of the molecule is COc1cc(C)c(Op2oc3ccc4ccccc4c3c3c(ccc4ccccc43)o2)c(-c2c(C)c(OC)cc(C)c2Op2oc3ccc4ccccc4c3c3c(ccc4ccccc43)o2)c1C. The Balaban J connectivity index is 1.11. The highest BCUT2D eigenvalue weighted by molar-refractivity contribution is 7.32. The number of benzene rings is 10. The molecule has 0 atom stereocenters. The van der Waals surface area contributed by atoms with E-state index in [4.69, 9.17) is 35.3 Å². The molecule has 0 aliphatic carbocycles. The summed E-state index contributed by atoms with van der Waals surface area (Å²) in [6.45, 7) is 8.06. The average Bonchev–Trinajstić information content (AvgIpc) is 3.64. The Morgan fingerprint density at radius 3 is 0.912 bits per heavy atom. The molecule has 0 amide bonds. The van der Waals surface area contributed by atoms with Crippen LogP contribution in [0.15, 0.2) is 175 Å². The lowest BCUT2D eigenvalue weighted by Crippen LogP contribution is -2.02. The van der Waals surface area contributed by atoms with E-state index in [0.29, 0.717) is 45.3 Å². The van der Waals surface area contributed by atoms with E-state index in [1.807, 2.05) is 64.1 Å². The molecule has 8 nitrogen and oxygen atoms in total. The fraction of sp³-hybridized carbons (Fsp3) is 0.103. The van der Waals surface area contributed by atoms with Crippen molar-refractivity contribution in [3.8, 4) is 34.1 Å². The van der Waals surface area contributed by atoms with E-state index in [9.17, 15) is 0 Å². The standard InChI is InChI=1S/C58H44O8P2/c1-33-31-49(59-5)35(3)51(57(33)65-67-61-45-27-23-37-15-7-11-19-41(37)53(45)54-42-20-12-8-16-38(42)24-28-46(54)62-67)52-36(4)50(60-6)32-34(2)58(52)66-68-63-47-29-25-39-17-9-13-21-43(39)55(47)56-44-22-14-10-18-40(44)26-30-48(56)64-68/h7-32H,1-6H3. The van der Waals surface area contributed by atoms with Crippen LogP contribution >= 0.6 is 16.5 Å². The second-order valence-corrected chi connectivity index (χ2v) is 19.1. The van der Waals surface area contributed by atoms with Crippen LogP contribution in [0.4, 0.5) is 0 Å². The molecule has 0 N–H and O–H groups in total. The molecule has 68 heavy (non-hydrogen) atoms. The van der Waals surface area contributed by atoms with Gasteiger partial charge in [0.25, 0.3) is 0 Å². The Bertz CT molecular complexity index is 3670. The van der Waals surface area contributed by atoms with Gasteiger partial charge in [-0.25, -0.2) is 0 Å². The molecule has 2 aromatic heterocycles. The summed E-state index contributed by atoms with van der Waals surface area (Å²) in [5.41, 5.74) is 7.37. The molecule has 334 valence electrons. The first kappa shape index (κ1) is 41.7. The number of methoxy groups -OCH3 is 2. The van der Waals surface area contributed by atoms with Crippen LogP contribution in [0.5, 0.6) is 23.0 Å². The maximum absolute atomic E-state index is 7.19. The van der Waals surface area contributed by atoms with Crippen LogP contribution in [-0.2, 0) is 0 Å². The maximum atomic E-state index is 7.19. The van der Waals surface area contributed by atoms with Gasteiger partial charge in [0, 0.05) is 43.8 Å². The van der Waals surface area contributed by atoms with Crippen molar-refractivity contribution in [1.82, 2.24) is 0 Å². The van der Waals surface area contributed by atoms with Gasteiger partial charge in [-0.15, -0.1) is 0 Å². The van der Waals surface area contributed by atoms with E-state index in [1.165, 1.54) is 0 Å². The Hall–Kier alpha value is -7.76. The predicted molar refractivity (Wildman–Crippen MR) is 279 cm³/mol. The number of rotatable bonds is 7. The Morgan fingerprint density at radius 1 is 0.353 bits per heavy atom. The van der Waals surface area contributed by atoms with Gasteiger partial charge in [0.05, 0.1) is 14.2 Å². The molecule has 2 heterocycles. The zero-order valence-electron chi connectivity index (χ0n) is 38.2. The smallest absolute Gasteiger partial charge is 0.453 e. The molecule has 0 aliphatic rings. The molecular weight excluding hydrogens is 887 g/mol. The third kappa shape index (κ3) is 6.74. The predicted octanol–water partition coefficient (Wildman–Crippen LogP) is 18.1. The van der Waals surface area contributed by atoms with Gasteiger partial charge in [0.15, 0.2) is 0 Å². The number of hydrogen-bond donors (Lipinski definition) is 0. The third-order valence-electron chi connectivity index (χ3n) is 13.1. The van der Waals surface area contributed by atoms with Crippen LogP contribution in [0.3, 0.4) is 0 Å². The molecule has 0 unspecified atom stereocenters. The Kier molecular flexibility index (Phi) is 10.1. The minimum atomic E-state index is -2.11. The zero-order chi connectivity index (χ0) is 46.2. The van der Waals surface area contributed by atoms with Gasteiger partial charge in [0.2, 0.25) is 0 Å². The average molecular weight is 931 g/mol. The van der Waals surface area contributed by atoms with Crippen LogP contribution in [-0.4, -0.2) is 14.2 Å². The number of fused-ring (bicyclic) bond motifs is 14. The first-order valence-electron chi connectivity index (χ1n) is 22.4. The summed E-state index contributed by atoms with van der Waals surface area (Å²) in [5, 5.41) is 12.4. The first-order chi connectivity index (χ1) is 33.3. The molecule has 0 aliphatic heterocycles. The summed E-state index contributed by atoms with van der Waals surface area (Å²) < 4.78 is 54.3. The fourth-order valence-electron chi connectivity index (χ4n) is 9.91. The van der Waals surface area contributed by atoms with Crippen molar-refractivity contribution in [3.63, 3.8) is 0 Å². The van der Waals surface area contributed by atoms with Gasteiger partial charge in [-0.3, -0.25) is 0 Å². The number of aryl methyl sites for hydroxylation is 2. The molecule has 0 spiro atoms. The van der Waals surface area contributed by atoms with Crippen molar-refractivity contribution in [2.45, 2.75) is 27.7 Å². The van der Waals surface area contributed by atoms with E-state index in [1.54, 1.807) is 14.2 Å². The molecule has 12 rings (SSSR count). The van der Waals surface area contributed by atoms with Crippen molar-refractivity contribution in [2.75, 3.05) is 14.2 Å². The van der Waals surface area contributed by atoms with E-state index < -0.39 is 16.5 Å². The molecule has 0 radical (unpaired) electrons. The molecule has 10 aromatic carbocycles. The molecule has 0 fully saturated rings. The van der Waals surface area contributed by atoms with Crippen molar-refractivity contribution >= 4 is 103 Å². The lowest BCUT2D eigenvalue weighted by atomic mass is 9.90. The molecule has 0 saturated heterocycles. The Labute approximate surface area is 393 Å². The van der Waals surface area contributed by atoms with Gasteiger partial charge in [0.1, 0.15) is 45.3 Å². The van der Waals surface area contributed by atoms with Gasteiger partial charge >= 0.3 is 16.5 Å². The first-order valence-corrected chi connectivity index (χ1v) is 24.6. The molecular formula is C58H44O8P2. The van der Waals surface area contributed by atoms with E-state index in [-0.39, 0.29) is 0 Å². The minimum Gasteiger partial charge on any atom is -0.496 e. The van der Waals surface area contributed by atoms with Gasteiger partial charge in [-0.1, -0.05) is 121 Å². The van der Waals surface area contributed by atoms with Crippen LogP contribution in [0.1, 0.15) is 22.3 Å². The summed E-state index contributed by atoms with van der Waals surface area (Å²) in [4.78, 5) is 0. The lowest BCUT2D eigenvalue weighted by molar-refractivity contribution is 0.409. The number of ether oxygens (including phenoxy) is 2. The normalized spacial score (nSPS) is 11.7. The van der Waals surface area contributed by atoms with Crippen LogP contribution in [0.2, 0.25) is 0 Å². The highest BCUT2D eigenvalue weighted by Crippen LogP contribution is 2.54. The van der Waals surface area contributed by atoms with E-state index >= 15 is 0 Å². The highest BCUT2D eigenvalue weighted by Gasteiger charge is 2.28. The van der Waals surface area contributed by atoms with Crippen molar-refractivity contribution in [2.24, 2.45) is 0 Å².